The molecular weight excluding hydrogens is 456 g/mol. The summed E-state index contributed by atoms with van der Waals surface area (Å²) in [7, 11) is 1.87. The molecule has 2 amide bonds. The van der Waals surface area contributed by atoms with E-state index in [0.717, 1.165) is 35.5 Å². The molecule has 2 heterocycles. The quantitative estimate of drug-likeness (QED) is 0.326. The molecule has 0 bridgehead atoms. The molecule has 2 aliphatic rings. The van der Waals surface area contributed by atoms with Crippen molar-refractivity contribution in [3.63, 3.8) is 0 Å². The van der Waals surface area contributed by atoms with Crippen LogP contribution in [0.5, 0.6) is 0 Å². The number of ether oxygens (including phenoxy) is 1. The SMILES string of the molecule is CC#CC1OC1N(C)[C@@H](C)C(=O)NCCc1cccc(Nc2nc(C3CC3)c(CC)nc2C(N)=O)c1. The Balaban J connectivity index is 1.37. The molecule has 1 aromatic heterocycles. The summed E-state index contributed by atoms with van der Waals surface area (Å²) in [6.07, 6.45) is 3.28. The first kappa shape index (κ1) is 25.6. The van der Waals surface area contributed by atoms with E-state index in [4.69, 9.17) is 15.5 Å². The molecule has 1 saturated heterocycles. The first-order valence-corrected chi connectivity index (χ1v) is 12.5. The minimum atomic E-state index is -0.607. The highest BCUT2D eigenvalue weighted by Crippen LogP contribution is 2.41. The van der Waals surface area contributed by atoms with Crippen LogP contribution in [0.4, 0.5) is 11.5 Å². The van der Waals surface area contributed by atoms with Crippen LogP contribution in [0.25, 0.3) is 0 Å². The molecule has 0 radical (unpaired) electrons. The smallest absolute Gasteiger partial charge is 0.271 e. The van der Waals surface area contributed by atoms with Crippen LogP contribution in [0, 0.1) is 11.8 Å². The van der Waals surface area contributed by atoms with E-state index in [9.17, 15) is 9.59 Å². The number of aromatic nitrogens is 2. The molecule has 36 heavy (non-hydrogen) atoms. The van der Waals surface area contributed by atoms with Crippen molar-refractivity contribution in [3.05, 3.63) is 46.9 Å². The molecule has 2 unspecified atom stereocenters. The molecule has 1 saturated carbocycles. The van der Waals surface area contributed by atoms with Gasteiger partial charge in [0.15, 0.2) is 23.8 Å². The van der Waals surface area contributed by atoms with Gasteiger partial charge in [0.25, 0.3) is 5.91 Å². The van der Waals surface area contributed by atoms with Gasteiger partial charge in [-0.25, -0.2) is 9.97 Å². The molecule has 0 spiro atoms. The lowest BCUT2D eigenvalue weighted by Crippen LogP contribution is -2.45. The molecule has 4 N–H and O–H groups in total. The molecule has 2 aromatic rings. The van der Waals surface area contributed by atoms with Gasteiger partial charge >= 0.3 is 0 Å². The van der Waals surface area contributed by atoms with Crippen LogP contribution in [0.3, 0.4) is 0 Å². The van der Waals surface area contributed by atoms with Gasteiger partial charge in [0, 0.05) is 18.2 Å². The zero-order valence-electron chi connectivity index (χ0n) is 21.3. The maximum Gasteiger partial charge on any atom is 0.271 e. The van der Waals surface area contributed by atoms with Gasteiger partial charge in [-0.1, -0.05) is 25.0 Å². The number of epoxide rings is 1. The Morgan fingerprint density at radius 1 is 1.31 bits per heavy atom. The number of carbonyl (C=O) groups excluding carboxylic acids is 2. The van der Waals surface area contributed by atoms with E-state index in [1.54, 1.807) is 6.92 Å². The second-order valence-corrected chi connectivity index (χ2v) is 9.29. The second-order valence-electron chi connectivity index (χ2n) is 9.29. The Bertz CT molecular complexity index is 1200. The minimum absolute atomic E-state index is 0.0597. The number of rotatable bonds is 11. The van der Waals surface area contributed by atoms with E-state index < -0.39 is 5.91 Å². The van der Waals surface area contributed by atoms with Crippen molar-refractivity contribution in [2.24, 2.45) is 5.73 Å². The first-order chi connectivity index (χ1) is 17.3. The Morgan fingerprint density at radius 3 is 2.75 bits per heavy atom. The van der Waals surface area contributed by atoms with Gasteiger partial charge in [0.1, 0.15) is 0 Å². The molecule has 1 aromatic carbocycles. The minimum Gasteiger partial charge on any atom is -0.364 e. The van der Waals surface area contributed by atoms with Crippen LogP contribution < -0.4 is 16.4 Å². The fraction of sp³-hybridized carbons (Fsp3) is 0.481. The van der Waals surface area contributed by atoms with E-state index >= 15 is 0 Å². The zero-order valence-corrected chi connectivity index (χ0v) is 21.3. The van der Waals surface area contributed by atoms with Crippen LogP contribution in [0.2, 0.25) is 0 Å². The van der Waals surface area contributed by atoms with E-state index in [2.05, 4.69) is 27.5 Å². The van der Waals surface area contributed by atoms with Gasteiger partial charge in [-0.05, 0) is 64.3 Å². The first-order valence-electron chi connectivity index (χ1n) is 12.5. The molecule has 1 aliphatic heterocycles. The van der Waals surface area contributed by atoms with Crippen molar-refractivity contribution in [3.8, 4) is 11.8 Å². The molecule has 2 fully saturated rings. The van der Waals surface area contributed by atoms with Crippen LogP contribution in [-0.4, -0.2) is 58.6 Å². The summed E-state index contributed by atoms with van der Waals surface area (Å²) in [5.74, 6) is 5.94. The predicted molar refractivity (Wildman–Crippen MR) is 138 cm³/mol. The van der Waals surface area contributed by atoms with Crippen molar-refractivity contribution in [2.45, 2.75) is 70.7 Å². The van der Waals surface area contributed by atoms with E-state index in [-0.39, 0.29) is 30.0 Å². The van der Waals surface area contributed by atoms with Crippen molar-refractivity contribution >= 4 is 23.3 Å². The highest BCUT2D eigenvalue weighted by molar-refractivity contribution is 5.96. The number of nitrogens with two attached hydrogens (primary N) is 1. The van der Waals surface area contributed by atoms with Crippen molar-refractivity contribution in [1.82, 2.24) is 20.2 Å². The van der Waals surface area contributed by atoms with E-state index in [1.165, 1.54) is 0 Å². The molecule has 4 rings (SSSR count). The highest BCUT2D eigenvalue weighted by atomic mass is 16.6. The Kier molecular flexibility index (Phi) is 7.87. The number of nitrogens with zero attached hydrogens (tertiary/aromatic N) is 3. The maximum atomic E-state index is 12.6. The second kappa shape index (κ2) is 11.1. The average molecular weight is 491 g/mol. The van der Waals surface area contributed by atoms with Gasteiger partial charge < -0.3 is 21.1 Å². The van der Waals surface area contributed by atoms with Crippen molar-refractivity contribution in [1.29, 1.82) is 0 Å². The average Bonchev–Trinajstić information content (AvgIpc) is 3.79. The monoisotopic (exact) mass is 490 g/mol. The number of anilines is 2. The maximum absolute atomic E-state index is 12.6. The summed E-state index contributed by atoms with van der Waals surface area (Å²) in [4.78, 5) is 35.9. The van der Waals surface area contributed by atoms with Gasteiger partial charge in [-0.15, -0.1) is 5.92 Å². The Labute approximate surface area is 212 Å². The third kappa shape index (κ3) is 6.01. The lowest BCUT2D eigenvalue weighted by atomic mass is 10.1. The predicted octanol–water partition coefficient (Wildman–Crippen LogP) is 2.49. The number of nitrogens with one attached hydrogen (secondary N) is 2. The number of carbonyl (C=O) groups is 2. The number of hydrogen-bond donors (Lipinski definition) is 3. The third-order valence-electron chi connectivity index (χ3n) is 6.58. The number of benzene rings is 1. The third-order valence-corrected chi connectivity index (χ3v) is 6.58. The summed E-state index contributed by atoms with van der Waals surface area (Å²) in [5, 5.41) is 6.24. The lowest BCUT2D eigenvalue weighted by molar-refractivity contribution is -0.126. The summed E-state index contributed by atoms with van der Waals surface area (Å²) < 4.78 is 5.51. The van der Waals surface area contributed by atoms with Crippen LogP contribution >= 0.6 is 0 Å². The zero-order chi connectivity index (χ0) is 25.8. The van der Waals surface area contributed by atoms with Crippen molar-refractivity contribution < 1.29 is 14.3 Å². The lowest BCUT2D eigenvalue weighted by Gasteiger charge is -2.21. The van der Waals surface area contributed by atoms with E-state index in [1.807, 2.05) is 50.1 Å². The van der Waals surface area contributed by atoms with Gasteiger partial charge in [0.05, 0.1) is 17.4 Å². The normalized spacial score (nSPS) is 19.2. The van der Waals surface area contributed by atoms with Crippen molar-refractivity contribution in [2.75, 3.05) is 18.9 Å². The molecule has 190 valence electrons. The summed E-state index contributed by atoms with van der Waals surface area (Å²) in [6.45, 7) is 6.13. The number of aryl methyl sites for hydroxylation is 1. The summed E-state index contributed by atoms with van der Waals surface area (Å²) in [6, 6.07) is 7.47. The number of amides is 2. The van der Waals surface area contributed by atoms with Gasteiger partial charge in [-0.3, -0.25) is 14.5 Å². The van der Waals surface area contributed by atoms with Gasteiger partial charge in [0.2, 0.25) is 5.91 Å². The van der Waals surface area contributed by atoms with Crippen LogP contribution in [-0.2, 0) is 22.4 Å². The molecule has 9 nitrogen and oxygen atoms in total. The number of likely N-dealkylation sites (N-methyl/N-ethyl adjacent to an activating group) is 1. The van der Waals surface area contributed by atoms with Crippen LogP contribution in [0.15, 0.2) is 24.3 Å². The standard InChI is InChI=1S/C27H34N6O3/c1-5-8-21-27(36-21)33(4)16(3)26(35)29-14-13-17-9-7-10-19(15-17)30-25-23(24(28)34)31-20(6-2)22(32-25)18-11-12-18/h7,9-10,15-16,18,21,27H,6,11-14H2,1-4H3,(H2,28,34)(H,29,35)(H,30,32)/t16-,21?,27?/m0/s1. The molecular formula is C27H34N6O3. The molecule has 3 atom stereocenters. The number of hydrogen-bond acceptors (Lipinski definition) is 7. The summed E-state index contributed by atoms with van der Waals surface area (Å²) >= 11 is 0. The fourth-order valence-electron chi connectivity index (χ4n) is 4.17. The van der Waals surface area contributed by atoms with Crippen LogP contribution in [0.1, 0.15) is 67.0 Å². The number of primary amides is 1. The molecule has 9 heteroatoms. The Morgan fingerprint density at radius 2 is 2.08 bits per heavy atom. The highest BCUT2D eigenvalue weighted by Gasteiger charge is 2.43. The molecule has 1 aliphatic carbocycles. The largest absolute Gasteiger partial charge is 0.364 e. The Hall–Kier alpha value is -3.48. The topological polar surface area (TPSA) is 126 Å². The fourth-order valence-corrected chi connectivity index (χ4v) is 4.17. The van der Waals surface area contributed by atoms with E-state index in [0.29, 0.717) is 31.1 Å². The van der Waals surface area contributed by atoms with Gasteiger partial charge in [-0.2, -0.15) is 0 Å². The summed E-state index contributed by atoms with van der Waals surface area (Å²) in [5.41, 5.74) is 9.36.